The normalized spacial score (nSPS) is 11.5. The molecule has 2 aromatic heterocycles. The Hall–Kier alpha value is -3.26. The lowest BCUT2D eigenvalue weighted by Crippen LogP contribution is -2.45. The molecule has 0 atom stereocenters. The number of anilines is 3. The number of nitrogens with zero attached hydrogens (tertiary/aromatic N) is 3. The number of pyridine rings is 1. The second kappa shape index (κ2) is 7.40. The Kier molecular flexibility index (Phi) is 5.15. The highest BCUT2D eigenvalue weighted by Gasteiger charge is 2.21. The third-order valence-electron chi connectivity index (χ3n) is 4.33. The van der Waals surface area contributed by atoms with Crippen molar-refractivity contribution >= 4 is 34.3 Å². The number of hydrogen-bond acceptors (Lipinski definition) is 6. The van der Waals surface area contributed by atoms with Crippen LogP contribution in [0.3, 0.4) is 0 Å². The average molecular weight is 380 g/mol. The summed E-state index contributed by atoms with van der Waals surface area (Å²) >= 11 is 0. The van der Waals surface area contributed by atoms with Crippen LogP contribution in [0.5, 0.6) is 0 Å². The van der Waals surface area contributed by atoms with E-state index in [-0.39, 0.29) is 11.5 Å². The highest BCUT2D eigenvalue weighted by Crippen LogP contribution is 2.20. The predicted octanol–water partition coefficient (Wildman–Crippen LogP) is 2.54. The monoisotopic (exact) mass is 380 g/mol. The molecule has 1 amide bonds. The van der Waals surface area contributed by atoms with Crippen LogP contribution in [0.25, 0.3) is 11.0 Å². The fourth-order valence-corrected chi connectivity index (χ4v) is 2.74. The first kappa shape index (κ1) is 19.5. The largest absolute Gasteiger partial charge is 0.325 e. The lowest BCUT2D eigenvalue weighted by Gasteiger charge is -2.18. The molecule has 4 N–H and O–H groups in total. The molecule has 0 spiro atoms. The van der Waals surface area contributed by atoms with E-state index in [4.69, 9.17) is 5.73 Å². The number of amides is 1. The van der Waals surface area contributed by atoms with Gasteiger partial charge in [-0.05, 0) is 58.0 Å². The molecule has 8 heteroatoms. The average Bonchev–Trinajstić information content (AvgIpc) is 2.62. The summed E-state index contributed by atoms with van der Waals surface area (Å²) < 4.78 is 1.61. The van der Waals surface area contributed by atoms with E-state index in [1.165, 1.54) is 6.07 Å². The minimum Gasteiger partial charge on any atom is -0.325 e. The van der Waals surface area contributed by atoms with Gasteiger partial charge in [0.05, 0.1) is 11.2 Å². The molecule has 0 aliphatic rings. The van der Waals surface area contributed by atoms with Crippen molar-refractivity contribution in [3.05, 3.63) is 52.4 Å². The fraction of sp³-hybridized carbons (Fsp3) is 0.300. The molecular weight excluding hydrogens is 356 g/mol. The number of carbonyl (C=O) groups excluding carboxylic acids is 1. The summed E-state index contributed by atoms with van der Waals surface area (Å²) in [5.74, 6) is 0.136. The highest BCUT2D eigenvalue weighted by molar-refractivity contribution is 5.97. The number of aryl methyl sites for hydroxylation is 2. The summed E-state index contributed by atoms with van der Waals surface area (Å²) in [4.78, 5) is 33.0. The molecule has 0 bridgehead atoms. The number of nitrogens with two attached hydrogens (primary N) is 1. The number of rotatable bonds is 5. The Morgan fingerprint density at radius 1 is 1.11 bits per heavy atom. The number of carbonyl (C=O) groups is 1. The molecule has 28 heavy (non-hydrogen) atoms. The third-order valence-corrected chi connectivity index (χ3v) is 4.33. The van der Waals surface area contributed by atoms with Crippen molar-refractivity contribution in [2.24, 2.45) is 5.73 Å². The van der Waals surface area contributed by atoms with Crippen molar-refractivity contribution in [3.63, 3.8) is 0 Å². The Labute approximate surface area is 162 Å². The van der Waals surface area contributed by atoms with E-state index in [1.807, 2.05) is 13.8 Å². The van der Waals surface area contributed by atoms with Crippen molar-refractivity contribution in [2.45, 2.75) is 39.8 Å². The van der Waals surface area contributed by atoms with Crippen LogP contribution in [0.4, 0.5) is 17.3 Å². The predicted molar refractivity (Wildman–Crippen MR) is 111 cm³/mol. The van der Waals surface area contributed by atoms with E-state index in [0.717, 1.165) is 16.8 Å². The van der Waals surface area contributed by atoms with E-state index >= 15 is 0 Å². The summed E-state index contributed by atoms with van der Waals surface area (Å²) in [6, 6.07) is 10.4. The maximum Gasteiger partial charge on any atom is 0.252 e. The Bertz CT molecular complexity index is 1080. The van der Waals surface area contributed by atoms with Gasteiger partial charge in [0.15, 0.2) is 0 Å². The maximum atomic E-state index is 12.1. The molecule has 0 radical (unpaired) electrons. The molecule has 3 rings (SSSR count). The second-order valence-corrected chi connectivity index (χ2v) is 7.16. The topological polar surface area (TPSA) is 115 Å². The Balaban J connectivity index is 1.87. The van der Waals surface area contributed by atoms with Crippen LogP contribution in [-0.2, 0) is 11.3 Å². The zero-order valence-electron chi connectivity index (χ0n) is 16.4. The first-order valence-corrected chi connectivity index (χ1v) is 9.04. The van der Waals surface area contributed by atoms with Gasteiger partial charge in [-0.3, -0.25) is 14.2 Å². The molecule has 0 unspecified atom stereocenters. The van der Waals surface area contributed by atoms with Crippen molar-refractivity contribution in [3.8, 4) is 0 Å². The highest BCUT2D eigenvalue weighted by atomic mass is 16.2. The van der Waals surface area contributed by atoms with Crippen molar-refractivity contribution in [2.75, 3.05) is 10.6 Å². The van der Waals surface area contributed by atoms with Gasteiger partial charge in [0.1, 0.15) is 5.65 Å². The Morgan fingerprint density at radius 3 is 2.36 bits per heavy atom. The summed E-state index contributed by atoms with van der Waals surface area (Å²) in [6.07, 6.45) is 0. The van der Waals surface area contributed by atoms with Crippen molar-refractivity contribution in [1.29, 1.82) is 0 Å². The van der Waals surface area contributed by atoms with E-state index in [9.17, 15) is 9.59 Å². The van der Waals surface area contributed by atoms with Crippen LogP contribution in [0.1, 0.15) is 26.5 Å². The van der Waals surface area contributed by atoms with E-state index < -0.39 is 5.54 Å². The van der Waals surface area contributed by atoms with Crippen molar-refractivity contribution in [1.82, 2.24) is 14.5 Å². The molecule has 0 aliphatic heterocycles. The van der Waals surface area contributed by atoms with Crippen LogP contribution < -0.4 is 21.9 Å². The lowest BCUT2D eigenvalue weighted by molar-refractivity contribution is -0.120. The standard InChI is InChI=1S/C20H24N6O2/c1-5-26-16(27)11-10-15-12(2)22-19(25-17(15)26)24-14-8-6-13(7-9-14)23-18(28)20(3,4)21/h6-11H,5,21H2,1-4H3,(H,23,28)(H,22,24,25). The van der Waals surface area contributed by atoms with E-state index in [0.29, 0.717) is 23.8 Å². The van der Waals surface area contributed by atoms with Crippen LogP contribution in [0, 0.1) is 6.92 Å². The Morgan fingerprint density at radius 2 is 1.75 bits per heavy atom. The van der Waals surface area contributed by atoms with Gasteiger partial charge in [0.25, 0.3) is 5.56 Å². The molecule has 146 valence electrons. The number of hydrogen-bond donors (Lipinski definition) is 3. The number of nitrogens with one attached hydrogen (secondary N) is 2. The molecule has 8 nitrogen and oxygen atoms in total. The van der Waals surface area contributed by atoms with Crippen LogP contribution in [-0.4, -0.2) is 26.0 Å². The van der Waals surface area contributed by atoms with Crippen molar-refractivity contribution < 1.29 is 4.79 Å². The van der Waals surface area contributed by atoms with Gasteiger partial charge in [-0.2, -0.15) is 4.98 Å². The van der Waals surface area contributed by atoms with Gasteiger partial charge in [-0.25, -0.2) is 4.98 Å². The van der Waals surface area contributed by atoms with Gasteiger partial charge in [-0.1, -0.05) is 0 Å². The third kappa shape index (κ3) is 4.01. The van der Waals surface area contributed by atoms with Gasteiger partial charge in [0.2, 0.25) is 11.9 Å². The zero-order valence-corrected chi connectivity index (χ0v) is 16.4. The summed E-state index contributed by atoms with van der Waals surface area (Å²) in [7, 11) is 0. The summed E-state index contributed by atoms with van der Waals surface area (Å²) in [5, 5.41) is 6.75. The summed E-state index contributed by atoms with van der Waals surface area (Å²) in [5.41, 5.74) is 7.51. The minimum atomic E-state index is -0.956. The minimum absolute atomic E-state index is 0.0954. The quantitative estimate of drug-likeness (QED) is 0.627. The summed E-state index contributed by atoms with van der Waals surface area (Å²) in [6.45, 7) is 7.60. The maximum absolute atomic E-state index is 12.1. The van der Waals surface area contributed by atoms with Crippen LogP contribution in [0.15, 0.2) is 41.2 Å². The van der Waals surface area contributed by atoms with Crippen LogP contribution in [0.2, 0.25) is 0 Å². The molecule has 3 aromatic rings. The number of aromatic nitrogens is 3. The molecule has 2 heterocycles. The fourth-order valence-electron chi connectivity index (χ4n) is 2.74. The first-order chi connectivity index (χ1) is 13.2. The smallest absolute Gasteiger partial charge is 0.252 e. The molecule has 0 saturated carbocycles. The molecule has 0 aliphatic carbocycles. The zero-order chi connectivity index (χ0) is 20.5. The SMILES string of the molecule is CCn1c(=O)ccc2c(C)nc(Nc3ccc(NC(=O)C(C)(C)N)cc3)nc21. The van der Waals surface area contributed by atoms with E-state index in [2.05, 4.69) is 20.6 Å². The van der Waals surface area contributed by atoms with Gasteiger partial charge < -0.3 is 16.4 Å². The number of fused-ring (bicyclic) bond motifs is 1. The lowest BCUT2D eigenvalue weighted by atomic mass is 10.1. The van der Waals surface area contributed by atoms with E-state index in [1.54, 1.807) is 48.7 Å². The van der Waals surface area contributed by atoms with Gasteiger partial charge in [0, 0.05) is 29.4 Å². The molecule has 0 saturated heterocycles. The first-order valence-electron chi connectivity index (χ1n) is 9.04. The van der Waals surface area contributed by atoms with Gasteiger partial charge in [-0.15, -0.1) is 0 Å². The molecular formula is C20H24N6O2. The number of benzene rings is 1. The van der Waals surface area contributed by atoms with Gasteiger partial charge >= 0.3 is 0 Å². The second-order valence-electron chi connectivity index (χ2n) is 7.16. The molecule has 0 fully saturated rings. The molecule has 1 aromatic carbocycles. The van der Waals surface area contributed by atoms with Crippen LogP contribution >= 0.6 is 0 Å².